The van der Waals surface area contributed by atoms with Crippen LogP contribution in [0.4, 0.5) is 0 Å². The van der Waals surface area contributed by atoms with Crippen LogP contribution in [0.5, 0.6) is 0 Å². The normalized spacial score (nSPS) is 27.2. The van der Waals surface area contributed by atoms with Gasteiger partial charge in [0.2, 0.25) is 0 Å². The molecule has 2 heteroatoms. The molecule has 2 heterocycles. The Morgan fingerprint density at radius 2 is 2.10 bits per heavy atom. The Morgan fingerprint density at radius 3 is 2.86 bits per heavy atom. The van der Waals surface area contributed by atoms with Gasteiger partial charge in [-0.25, -0.2) is 0 Å². The molecule has 2 saturated heterocycles. The first-order valence-corrected chi connectivity index (χ1v) is 8.67. The van der Waals surface area contributed by atoms with Gasteiger partial charge >= 0.3 is 0 Å². The van der Waals surface area contributed by atoms with Crippen LogP contribution in [0.3, 0.4) is 0 Å². The third kappa shape index (κ3) is 3.49. The molecule has 1 aromatic carbocycles. The molecule has 2 nitrogen and oxygen atoms in total. The van der Waals surface area contributed by atoms with Crippen LogP contribution < -0.4 is 0 Å². The molecule has 0 saturated carbocycles. The molecular weight excluding hydrogens is 256 g/mol. The van der Waals surface area contributed by atoms with Crippen molar-refractivity contribution in [3.05, 3.63) is 35.4 Å². The Labute approximate surface area is 130 Å². The van der Waals surface area contributed by atoms with Crippen molar-refractivity contribution in [2.45, 2.75) is 52.1 Å². The Hall–Kier alpha value is -0.860. The second-order valence-electron chi connectivity index (χ2n) is 7.34. The van der Waals surface area contributed by atoms with E-state index in [1.165, 1.54) is 56.6 Å². The van der Waals surface area contributed by atoms with Crippen LogP contribution in [0.1, 0.15) is 37.8 Å². The van der Waals surface area contributed by atoms with Gasteiger partial charge in [-0.1, -0.05) is 43.7 Å². The van der Waals surface area contributed by atoms with Crippen molar-refractivity contribution in [3.63, 3.8) is 0 Å². The summed E-state index contributed by atoms with van der Waals surface area (Å²) in [6.07, 6.45) is 4.00. The summed E-state index contributed by atoms with van der Waals surface area (Å²) in [6.45, 7) is 12.1. The highest BCUT2D eigenvalue weighted by Gasteiger charge is 2.36. The Balaban J connectivity index is 1.64. The van der Waals surface area contributed by atoms with Crippen molar-refractivity contribution >= 4 is 0 Å². The molecule has 116 valence electrons. The summed E-state index contributed by atoms with van der Waals surface area (Å²) in [6, 6.07) is 10.6. The first-order valence-electron chi connectivity index (χ1n) is 8.67. The smallest absolute Gasteiger partial charge is 0.0247 e. The van der Waals surface area contributed by atoms with Crippen LogP contribution in [0.2, 0.25) is 0 Å². The third-order valence-electron chi connectivity index (χ3n) is 5.37. The summed E-state index contributed by atoms with van der Waals surface area (Å²) in [5, 5.41) is 0. The Kier molecular flexibility index (Phi) is 4.66. The van der Waals surface area contributed by atoms with E-state index in [1.807, 2.05) is 0 Å². The third-order valence-corrected chi connectivity index (χ3v) is 5.37. The predicted molar refractivity (Wildman–Crippen MR) is 89.7 cm³/mol. The van der Waals surface area contributed by atoms with Gasteiger partial charge in [0.05, 0.1) is 0 Å². The molecule has 2 aliphatic heterocycles. The fourth-order valence-corrected chi connectivity index (χ4v) is 4.13. The van der Waals surface area contributed by atoms with Crippen LogP contribution in [-0.4, -0.2) is 48.1 Å². The van der Waals surface area contributed by atoms with Crippen LogP contribution in [0, 0.1) is 12.8 Å². The van der Waals surface area contributed by atoms with Gasteiger partial charge in [-0.3, -0.25) is 9.80 Å². The number of benzene rings is 1. The van der Waals surface area contributed by atoms with E-state index in [4.69, 9.17) is 0 Å². The lowest BCUT2D eigenvalue weighted by molar-refractivity contribution is 0.0302. The van der Waals surface area contributed by atoms with E-state index in [9.17, 15) is 0 Å². The second-order valence-corrected chi connectivity index (χ2v) is 7.34. The molecule has 0 spiro atoms. The van der Waals surface area contributed by atoms with E-state index in [0.717, 1.165) is 18.0 Å². The van der Waals surface area contributed by atoms with E-state index in [1.54, 1.807) is 0 Å². The van der Waals surface area contributed by atoms with E-state index < -0.39 is 0 Å². The zero-order valence-corrected chi connectivity index (χ0v) is 13.9. The molecular formula is C19H30N2. The van der Waals surface area contributed by atoms with E-state index >= 15 is 0 Å². The first kappa shape index (κ1) is 15.1. The van der Waals surface area contributed by atoms with E-state index in [-0.39, 0.29) is 0 Å². The van der Waals surface area contributed by atoms with Crippen molar-refractivity contribution in [1.82, 2.24) is 9.80 Å². The molecule has 0 bridgehead atoms. The van der Waals surface area contributed by atoms with Gasteiger partial charge in [0, 0.05) is 31.7 Å². The van der Waals surface area contributed by atoms with Crippen molar-refractivity contribution < 1.29 is 0 Å². The molecule has 0 aromatic heterocycles. The maximum Gasteiger partial charge on any atom is 0.0247 e. The molecule has 0 radical (unpaired) electrons. The highest BCUT2D eigenvalue weighted by atomic mass is 15.3. The number of aryl methyl sites for hydroxylation is 1. The number of hydrogen-bond acceptors (Lipinski definition) is 2. The highest BCUT2D eigenvalue weighted by molar-refractivity contribution is 5.22. The number of nitrogens with zero attached hydrogens (tertiary/aromatic N) is 2. The molecule has 3 rings (SSSR count). The highest BCUT2D eigenvalue weighted by Crippen LogP contribution is 2.27. The number of fused-ring (bicyclic) bond motifs is 1. The first-order chi connectivity index (χ1) is 10.1. The maximum absolute atomic E-state index is 2.78. The lowest BCUT2D eigenvalue weighted by atomic mass is 9.96. The maximum atomic E-state index is 2.78. The summed E-state index contributed by atoms with van der Waals surface area (Å²) in [5.74, 6) is 0.754. The molecule has 0 aliphatic carbocycles. The van der Waals surface area contributed by atoms with Crippen LogP contribution in [0.25, 0.3) is 0 Å². The summed E-state index contributed by atoms with van der Waals surface area (Å²) in [4.78, 5) is 5.52. The average molecular weight is 286 g/mol. The lowest BCUT2D eigenvalue weighted by Crippen LogP contribution is -2.58. The topological polar surface area (TPSA) is 6.48 Å². The summed E-state index contributed by atoms with van der Waals surface area (Å²) >= 11 is 0. The lowest BCUT2D eigenvalue weighted by Gasteiger charge is -2.45. The van der Waals surface area contributed by atoms with Gasteiger partial charge in [-0.15, -0.1) is 0 Å². The minimum atomic E-state index is 0.740. The minimum Gasteiger partial charge on any atom is -0.298 e. The van der Waals surface area contributed by atoms with Gasteiger partial charge in [-0.05, 0) is 44.2 Å². The molecule has 1 aromatic rings. The molecule has 21 heavy (non-hydrogen) atoms. The van der Waals surface area contributed by atoms with Crippen LogP contribution in [-0.2, 0) is 6.42 Å². The SMILES string of the molecule is Cc1cccc(CCN2CC3CCCN3CC2C(C)C)c1. The molecule has 2 atom stereocenters. The van der Waals surface area contributed by atoms with Crippen LogP contribution >= 0.6 is 0 Å². The predicted octanol–water partition coefficient (Wildman–Crippen LogP) is 3.34. The van der Waals surface area contributed by atoms with E-state index in [0.29, 0.717) is 0 Å². The number of hydrogen-bond donors (Lipinski definition) is 0. The largest absolute Gasteiger partial charge is 0.298 e. The molecule has 2 aliphatic rings. The molecule has 0 amide bonds. The Morgan fingerprint density at radius 1 is 1.24 bits per heavy atom. The molecule has 0 N–H and O–H groups in total. The summed E-state index contributed by atoms with van der Waals surface area (Å²) < 4.78 is 0. The van der Waals surface area contributed by atoms with Gasteiger partial charge in [0.25, 0.3) is 0 Å². The number of piperazine rings is 1. The molecule has 2 unspecified atom stereocenters. The van der Waals surface area contributed by atoms with Crippen molar-refractivity contribution in [1.29, 1.82) is 0 Å². The fraction of sp³-hybridized carbons (Fsp3) is 0.684. The zero-order chi connectivity index (χ0) is 14.8. The quantitative estimate of drug-likeness (QED) is 0.837. The monoisotopic (exact) mass is 286 g/mol. The Bertz CT molecular complexity index is 468. The zero-order valence-electron chi connectivity index (χ0n) is 13.9. The average Bonchev–Trinajstić information content (AvgIpc) is 2.91. The van der Waals surface area contributed by atoms with Crippen molar-refractivity contribution in [3.8, 4) is 0 Å². The van der Waals surface area contributed by atoms with Gasteiger partial charge in [0.1, 0.15) is 0 Å². The minimum absolute atomic E-state index is 0.740. The van der Waals surface area contributed by atoms with Crippen molar-refractivity contribution in [2.75, 3.05) is 26.2 Å². The van der Waals surface area contributed by atoms with Gasteiger partial charge in [-0.2, -0.15) is 0 Å². The fourth-order valence-electron chi connectivity index (χ4n) is 4.13. The van der Waals surface area contributed by atoms with Gasteiger partial charge in [0.15, 0.2) is 0 Å². The number of rotatable bonds is 4. The van der Waals surface area contributed by atoms with E-state index in [2.05, 4.69) is 54.8 Å². The van der Waals surface area contributed by atoms with Crippen molar-refractivity contribution in [2.24, 2.45) is 5.92 Å². The summed E-state index contributed by atoms with van der Waals surface area (Å²) in [7, 11) is 0. The second kappa shape index (κ2) is 6.50. The van der Waals surface area contributed by atoms with Crippen LogP contribution in [0.15, 0.2) is 24.3 Å². The summed E-state index contributed by atoms with van der Waals surface area (Å²) in [5.41, 5.74) is 2.87. The van der Waals surface area contributed by atoms with Gasteiger partial charge < -0.3 is 0 Å². The molecule has 2 fully saturated rings. The standard InChI is InChI=1S/C19H30N2/c1-15(2)19-14-20-10-5-8-18(20)13-21(19)11-9-17-7-4-6-16(3)12-17/h4,6-7,12,15,18-19H,5,8-11,13-14H2,1-3H3.